The summed E-state index contributed by atoms with van der Waals surface area (Å²) >= 11 is 2.48. The van der Waals surface area contributed by atoms with E-state index in [2.05, 4.69) is 107 Å². The Morgan fingerprint density at radius 2 is 1.60 bits per heavy atom. The maximum absolute atomic E-state index is 4.97. The number of fused-ring (bicyclic) bond motifs is 5. The Balaban J connectivity index is 2.10. The van der Waals surface area contributed by atoms with Gasteiger partial charge in [0.2, 0.25) is 0 Å². The lowest BCUT2D eigenvalue weighted by Gasteiger charge is -2.14. The lowest BCUT2D eigenvalue weighted by atomic mass is 10.0. The molecule has 0 saturated carbocycles. The van der Waals surface area contributed by atoms with Gasteiger partial charge in [-0.25, -0.2) is 4.98 Å². The summed E-state index contributed by atoms with van der Waals surface area (Å²) in [5.41, 5.74) is 6.88. The summed E-state index contributed by atoms with van der Waals surface area (Å²) in [7, 11) is 0. The van der Waals surface area contributed by atoms with Crippen LogP contribution in [0, 0.1) is 10.5 Å². The highest BCUT2D eigenvalue weighted by atomic mass is 127. The van der Waals surface area contributed by atoms with Crippen LogP contribution in [0.1, 0.15) is 5.56 Å². The number of rotatable bonds is 1. The van der Waals surface area contributed by atoms with E-state index < -0.39 is 0 Å². The largest absolute Gasteiger partial charge is 0.291 e. The Morgan fingerprint density at radius 3 is 2.44 bits per heavy atom. The topological polar surface area (TPSA) is 17.3 Å². The molecule has 0 aliphatic heterocycles. The Morgan fingerprint density at radius 1 is 0.840 bits per heavy atom. The molecule has 120 valence electrons. The summed E-state index contributed by atoms with van der Waals surface area (Å²) in [4.78, 5) is 4.97. The number of nitrogens with zero attached hydrogens (tertiary/aromatic N) is 2. The highest BCUT2D eigenvalue weighted by Crippen LogP contribution is 2.36. The average Bonchev–Trinajstić information content (AvgIpc) is 3.02. The normalized spacial score (nSPS) is 11.6. The molecular formula is C22H15IN2. The number of aromatic nitrogens is 2. The van der Waals surface area contributed by atoms with E-state index in [0.29, 0.717) is 0 Å². The quantitative estimate of drug-likeness (QED) is 0.286. The summed E-state index contributed by atoms with van der Waals surface area (Å²) in [5, 5.41) is 2.47. The molecule has 0 radical (unpaired) electrons. The third-order valence-electron chi connectivity index (χ3n) is 4.69. The first-order chi connectivity index (χ1) is 12.2. The molecule has 0 spiro atoms. The average molecular weight is 434 g/mol. The molecule has 0 N–H and O–H groups in total. The number of aryl methyl sites for hydroxylation is 1. The van der Waals surface area contributed by atoms with Crippen LogP contribution in [-0.2, 0) is 0 Å². The van der Waals surface area contributed by atoms with E-state index in [1.54, 1.807) is 0 Å². The molecule has 5 aromatic rings. The molecule has 0 atom stereocenters. The predicted octanol–water partition coefficient (Wildman–Crippen LogP) is 6.22. The number of benzene rings is 3. The van der Waals surface area contributed by atoms with Crippen LogP contribution in [0.15, 0.2) is 72.8 Å². The minimum Gasteiger partial charge on any atom is -0.291 e. The van der Waals surface area contributed by atoms with Crippen LogP contribution in [-0.4, -0.2) is 9.38 Å². The van der Waals surface area contributed by atoms with E-state index in [4.69, 9.17) is 4.98 Å². The molecule has 2 aromatic heterocycles. The van der Waals surface area contributed by atoms with Gasteiger partial charge in [-0.05, 0) is 53.3 Å². The van der Waals surface area contributed by atoms with Crippen LogP contribution in [0.2, 0.25) is 0 Å². The molecule has 0 fully saturated rings. The Kier molecular flexibility index (Phi) is 3.31. The second-order valence-electron chi connectivity index (χ2n) is 6.34. The second kappa shape index (κ2) is 5.56. The molecule has 0 aliphatic rings. The van der Waals surface area contributed by atoms with Gasteiger partial charge < -0.3 is 0 Å². The summed E-state index contributed by atoms with van der Waals surface area (Å²) < 4.78 is 3.57. The van der Waals surface area contributed by atoms with E-state index >= 15 is 0 Å². The fourth-order valence-corrected chi connectivity index (χ4v) is 4.57. The van der Waals surface area contributed by atoms with Crippen molar-refractivity contribution in [1.29, 1.82) is 0 Å². The van der Waals surface area contributed by atoms with Crippen molar-refractivity contribution in [2.45, 2.75) is 6.92 Å². The van der Waals surface area contributed by atoms with Crippen LogP contribution in [0.5, 0.6) is 0 Å². The lowest BCUT2D eigenvalue weighted by molar-refractivity contribution is 1.24. The Labute approximate surface area is 159 Å². The zero-order chi connectivity index (χ0) is 17.0. The molecule has 2 nitrogen and oxygen atoms in total. The van der Waals surface area contributed by atoms with Gasteiger partial charge in [-0.2, -0.15) is 0 Å². The standard InChI is InChI=1S/C22H15IN2/c1-14-11-12-16-17(13-14)22-24-18-9-5-6-10-19(18)25(22)21(20(16)23)15-7-3-2-4-8-15/h2-13H,1H3. The van der Waals surface area contributed by atoms with E-state index in [9.17, 15) is 0 Å². The van der Waals surface area contributed by atoms with Gasteiger partial charge in [0, 0.05) is 14.3 Å². The van der Waals surface area contributed by atoms with Crippen LogP contribution in [0.3, 0.4) is 0 Å². The predicted molar refractivity (Wildman–Crippen MR) is 113 cm³/mol. The van der Waals surface area contributed by atoms with Gasteiger partial charge >= 0.3 is 0 Å². The zero-order valence-corrected chi connectivity index (χ0v) is 15.9. The van der Waals surface area contributed by atoms with Crippen molar-refractivity contribution < 1.29 is 0 Å². The number of hydrogen-bond acceptors (Lipinski definition) is 1. The molecule has 0 saturated heterocycles. The maximum atomic E-state index is 4.97. The van der Waals surface area contributed by atoms with Crippen LogP contribution < -0.4 is 0 Å². The van der Waals surface area contributed by atoms with Gasteiger partial charge in [-0.15, -0.1) is 0 Å². The smallest absolute Gasteiger partial charge is 0.146 e. The van der Waals surface area contributed by atoms with Gasteiger partial charge in [0.05, 0.1) is 16.7 Å². The number of imidazole rings is 1. The summed E-state index contributed by atoms with van der Waals surface area (Å²) in [6, 6.07) is 25.6. The van der Waals surface area contributed by atoms with Crippen molar-refractivity contribution in [2.75, 3.05) is 0 Å². The summed E-state index contributed by atoms with van der Waals surface area (Å²) in [6.07, 6.45) is 0. The molecular weight excluding hydrogens is 419 g/mol. The van der Waals surface area contributed by atoms with Crippen molar-refractivity contribution >= 4 is 50.0 Å². The van der Waals surface area contributed by atoms with E-state index in [-0.39, 0.29) is 0 Å². The van der Waals surface area contributed by atoms with Crippen molar-refractivity contribution in [2.24, 2.45) is 0 Å². The van der Waals surface area contributed by atoms with Gasteiger partial charge in [-0.1, -0.05) is 60.2 Å². The van der Waals surface area contributed by atoms with Gasteiger partial charge in [0.1, 0.15) is 5.65 Å². The zero-order valence-electron chi connectivity index (χ0n) is 13.7. The molecule has 0 bridgehead atoms. The minimum atomic E-state index is 1.03. The molecule has 0 amide bonds. The molecule has 0 aliphatic carbocycles. The molecule has 3 aromatic carbocycles. The number of halogens is 1. The second-order valence-corrected chi connectivity index (χ2v) is 7.42. The Hall–Kier alpha value is -2.40. The minimum absolute atomic E-state index is 1.03. The first-order valence-electron chi connectivity index (χ1n) is 8.28. The highest BCUT2D eigenvalue weighted by Gasteiger charge is 2.17. The number of hydrogen-bond donors (Lipinski definition) is 0. The molecule has 25 heavy (non-hydrogen) atoms. The number of para-hydroxylation sites is 2. The third-order valence-corrected chi connectivity index (χ3v) is 5.78. The van der Waals surface area contributed by atoms with Crippen LogP contribution >= 0.6 is 22.6 Å². The molecule has 2 heterocycles. The SMILES string of the molecule is Cc1ccc2c(I)c(-c3ccccc3)n3c4ccccc4nc3c2c1. The van der Waals surface area contributed by atoms with Crippen LogP contribution in [0.4, 0.5) is 0 Å². The first kappa shape index (κ1) is 14.9. The molecule has 5 rings (SSSR count). The van der Waals surface area contributed by atoms with Crippen LogP contribution in [0.25, 0.3) is 38.7 Å². The molecule has 3 heteroatoms. The van der Waals surface area contributed by atoms with E-state index in [1.807, 2.05) is 0 Å². The van der Waals surface area contributed by atoms with Gasteiger partial charge in [-0.3, -0.25) is 4.40 Å². The van der Waals surface area contributed by atoms with Crippen molar-refractivity contribution in [3.63, 3.8) is 0 Å². The highest BCUT2D eigenvalue weighted by molar-refractivity contribution is 14.1. The first-order valence-corrected chi connectivity index (χ1v) is 9.36. The van der Waals surface area contributed by atoms with Crippen molar-refractivity contribution in [3.05, 3.63) is 81.9 Å². The van der Waals surface area contributed by atoms with E-state index in [1.165, 1.54) is 31.2 Å². The van der Waals surface area contributed by atoms with Gasteiger partial charge in [0.15, 0.2) is 0 Å². The Bertz CT molecular complexity index is 1250. The summed E-state index contributed by atoms with van der Waals surface area (Å²) in [6.45, 7) is 2.14. The van der Waals surface area contributed by atoms with Gasteiger partial charge in [0.25, 0.3) is 0 Å². The fraction of sp³-hybridized carbons (Fsp3) is 0.0455. The molecule has 0 unspecified atom stereocenters. The van der Waals surface area contributed by atoms with Crippen molar-refractivity contribution in [3.8, 4) is 11.3 Å². The number of pyridine rings is 1. The maximum Gasteiger partial charge on any atom is 0.146 e. The van der Waals surface area contributed by atoms with Crippen molar-refractivity contribution in [1.82, 2.24) is 9.38 Å². The summed E-state index contributed by atoms with van der Waals surface area (Å²) in [5.74, 6) is 0. The fourth-order valence-electron chi connectivity index (χ4n) is 3.55. The third kappa shape index (κ3) is 2.19. The monoisotopic (exact) mass is 434 g/mol. The lowest BCUT2D eigenvalue weighted by Crippen LogP contribution is -1.98. The van der Waals surface area contributed by atoms with E-state index in [0.717, 1.165) is 16.7 Å².